The van der Waals surface area contributed by atoms with E-state index in [4.69, 9.17) is 25.8 Å². The third-order valence-corrected chi connectivity index (χ3v) is 6.03. The van der Waals surface area contributed by atoms with Gasteiger partial charge in [0.15, 0.2) is 5.82 Å². The molecule has 6 nitrogen and oxygen atoms in total. The lowest BCUT2D eigenvalue weighted by atomic mass is 9.97. The largest absolute Gasteiger partial charge is 0.488 e. The quantitative estimate of drug-likeness (QED) is 0.583. The molecule has 2 saturated heterocycles. The zero-order chi connectivity index (χ0) is 21.2. The fourth-order valence-electron chi connectivity index (χ4n) is 4.06. The van der Waals surface area contributed by atoms with Crippen LogP contribution >= 0.6 is 11.6 Å². The van der Waals surface area contributed by atoms with Gasteiger partial charge in [-0.25, -0.2) is 14.4 Å². The van der Waals surface area contributed by atoms with Crippen LogP contribution in [0.5, 0.6) is 5.75 Å². The van der Waals surface area contributed by atoms with Crippen LogP contribution in [0.25, 0.3) is 10.9 Å². The van der Waals surface area contributed by atoms with Gasteiger partial charge in [-0.3, -0.25) is 0 Å². The Morgan fingerprint density at radius 2 is 2.00 bits per heavy atom. The van der Waals surface area contributed by atoms with Gasteiger partial charge < -0.3 is 19.5 Å². The third kappa shape index (κ3) is 4.44. The second-order valence-electron chi connectivity index (χ2n) is 7.96. The lowest BCUT2D eigenvalue weighted by molar-refractivity contribution is 0.140. The first-order valence-corrected chi connectivity index (χ1v) is 10.9. The van der Waals surface area contributed by atoms with E-state index < -0.39 is 5.82 Å². The zero-order valence-electron chi connectivity index (χ0n) is 16.9. The summed E-state index contributed by atoms with van der Waals surface area (Å²) < 4.78 is 31.8. The first-order valence-electron chi connectivity index (χ1n) is 10.5. The lowest BCUT2D eigenvalue weighted by Gasteiger charge is -2.19. The van der Waals surface area contributed by atoms with E-state index in [1.807, 2.05) is 12.1 Å². The van der Waals surface area contributed by atoms with Crippen molar-refractivity contribution in [3.05, 3.63) is 53.1 Å². The normalized spacial score (nSPS) is 21.0. The number of hydrogen-bond acceptors (Lipinski definition) is 6. The molecule has 3 heterocycles. The predicted octanol–water partition coefficient (Wildman–Crippen LogP) is 4.91. The minimum atomic E-state index is -0.520. The van der Waals surface area contributed by atoms with E-state index in [1.165, 1.54) is 12.4 Å². The number of nitrogens with one attached hydrogen (secondary N) is 1. The van der Waals surface area contributed by atoms with Crippen molar-refractivity contribution < 1.29 is 18.6 Å². The zero-order valence-corrected chi connectivity index (χ0v) is 17.7. The monoisotopic (exact) mass is 443 g/mol. The van der Waals surface area contributed by atoms with Gasteiger partial charge in [0.1, 0.15) is 24.0 Å². The van der Waals surface area contributed by atoms with E-state index in [0.717, 1.165) is 54.7 Å². The van der Waals surface area contributed by atoms with Crippen molar-refractivity contribution in [2.24, 2.45) is 5.92 Å². The Labute approximate surface area is 184 Å². The molecule has 3 aromatic rings. The van der Waals surface area contributed by atoms with E-state index in [2.05, 4.69) is 15.3 Å². The van der Waals surface area contributed by atoms with Crippen LogP contribution in [0.1, 0.15) is 18.4 Å². The molecule has 0 bridgehead atoms. The Morgan fingerprint density at radius 1 is 1.13 bits per heavy atom. The molecule has 0 saturated carbocycles. The van der Waals surface area contributed by atoms with Crippen LogP contribution in [0.4, 0.5) is 15.9 Å². The van der Waals surface area contributed by atoms with Crippen molar-refractivity contribution in [1.82, 2.24) is 9.97 Å². The summed E-state index contributed by atoms with van der Waals surface area (Å²) in [6.07, 6.45) is 4.24. The molecule has 2 aliphatic rings. The molecule has 0 radical (unpaired) electrons. The smallest absolute Gasteiger partial charge is 0.165 e. The number of aromatic nitrogens is 2. The van der Waals surface area contributed by atoms with Gasteiger partial charge in [-0.15, -0.1) is 0 Å². The predicted molar refractivity (Wildman–Crippen MR) is 117 cm³/mol. The van der Waals surface area contributed by atoms with E-state index in [9.17, 15) is 4.39 Å². The minimum Gasteiger partial charge on any atom is -0.488 e. The van der Waals surface area contributed by atoms with Crippen LogP contribution in [0.2, 0.25) is 5.02 Å². The number of benzene rings is 2. The van der Waals surface area contributed by atoms with Gasteiger partial charge in [-0.2, -0.15) is 0 Å². The number of hydrogen-bond donors (Lipinski definition) is 1. The molecule has 2 aromatic carbocycles. The van der Waals surface area contributed by atoms with Crippen LogP contribution in [-0.4, -0.2) is 42.5 Å². The summed E-state index contributed by atoms with van der Waals surface area (Å²) in [4.78, 5) is 8.80. The van der Waals surface area contributed by atoms with Crippen molar-refractivity contribution in [3.63, 3.8) is 0 Å². The Hall–Kier alpha value is -2.48. The number of anilines is 2. The Balaban J connectivity index is 1.53. The molecule has 8 heteroatoms. The van der Waals surface area contributed by atoms with Gasteiger partial charge >= 0.3 is 0 Å². The summed E-state index contributed by atoms with van der Waals surface area (Å²) in [5.41, 5.74) is 2.11. The highest BCUT2D eigenvalue weighted by Gasteiger charge is 2.23. The van der Waals surface area contributed by atoms with Crippen LogP contribution in [0.3, 0.4) is 0 Å². The van der Waals surface area contributed by atoms with Gasteiger partial charge in [0.2, 0.25) is 0 Å². The first kappa shape index (κ1) is 20.4. The molecule has 2 atom stereocenters. The van der Waals surface area contributed by atoms with Crippen LogP contribution < -0.4 is 10.1 Å². The molecule has 0 amide bonds. The molecule has 2 aliphatic heterocycles. The molecular formula is C23H23ClFN3O3. The molecule has 31 heavy (non-hydrogen) atoms. The summed E-state index contributed by atoms with van der Waals surface area (Å²) in [6, 6.07) is 8.81. The molecule has 162 valence electrons. The first-order chi connectivity index (χ1) is 15.2. The van der Waals surface area contributed by atoms with Gasteiger partial charge in [-0.1, -0.05) is 17.7 Å². The molecule has 5 rings (SSSR count). The average molecular weight is 444 g/mol. The standard InChI is InChI=1S/C23H23ClFN3O3/c24-18-2-1-3-19(22(18)25)28-23-17-10-21(31-16-5-7-30-12-16)15(8-14-4-6-29-11-14)9-20(17)26-13-27-23/h1-3,9-10,13-14,16H,4-8,11-12H2,(H,26,27,28)/t14-,16+/m1/s1. The molecule has 0 unspecified atom stereocenters. The second-order valence-corrected chi connectivity index (χ2v) is 8.37. The van der Waals surface area contributed by atoms with E-state index in [-0.39, 0.29) is 16.8 Å². The number of rotatable bonds is 6. The van der Waals surface area contributed by atoms with Crippen molar-refractivity contribution in [3.8, 4) is 5.75 Å². The van der Waals surface area contributed by atoms with Crippen molar-refractivity contribution >= 4 is 34.0 Å². The van der Waals surface area contributed by atoms with Gasteiger partial charge in [0.05, 0.1) is 29.4 Å². The fraction of sp³-hybridized carbons (Fsp3) is 0.391. The van der Waals surface area contributed by atoms with Crippen LogP contribution in [-0.2, 0) is 15.9 Å². The maximum atomic E-state index is 14.4. The van der Waals surface area contributed by atoms with Crippen LogP contribution in [0.15, 0.2) is 36.7 Å². The van der Waals surface area contributed by atoms with Crippen molar-refractivity contribution in [2.75, 3.05) is 31.7 Å². The maximum absolute atomic E-state index is 14.4. The SMILES string of the molecule is Fc1c(Cl)cccc1Nc1ncnc2cc(C[C@H]3CCOC3)c(O[C@H]3CCOC3)cc12. The highest BCUT2D eigenvalue weighted by Crippen LogP contribution is 2.34. The lowest BCUT2D eigenvalue weighted by Crippen LogP contribution is -2.17. The molecule has 1 aromatic heterocycles. The topological polar surface area (TPSA) is 65.5 Å². The van der Waals surface area contributed by atoms with Crippen molar-refractivity contribution in [2.45, 2.75) is 25.4 Å². The Bertz CT molecular complexity index is 1090. The van der Waals surface area contributed by atoms with Crippen LogP contribution in [0, 0.1) is 11.7 Å². The van der Waals surface area contributed by atoms with Crippen molar-refractivity contribution in [1.29, 1.82) is 0 Å². The van der Waals surface area contributed by atoms with Gasteiger partial charge in [0.25, 0.3) is 0 Å². The summed E-state index contributed by atoms with van der Waals surface area (Å²) in [6.45, 7) is 2.84. The van der Waals surface area contributed by atoms with E-state index >= 15 is 0 Å². The minimum absolute atomic E-state index is 0.0162. The molecule has 0 aliphatic carbocycles. The highest BCUT2D eigenvalue weighted by atomic mass is 35.5. The fourth-order valence-corrected chi connectivity index (χ4v) is 4.24. The number of halogens is 2. The number of nitrogens with zero attached hydrogens (tertiary/aromatic N) is 2. The molecule has 1 N–H and O–H groups in total. The summed E-state index contributed by atoms with van der Waals surface area (Å²) in [7, 11) is 0. The molecular weight excluding hydrogens is 421 g/mol. The van der Waals surface area contributed by atoms with E-state index in [0.29, 0.717) is 24.9 Å². The molecule has 2 fully saturated rings. The average Bonchev–Trinajstić information content (AvgIpc) is 3.47. The molecule has 0 spiro atoms. The number of ether oxygens (including phenoxy) is 3. The summed E-state index contributed by atoms with van der Waals surface area (Å²) >= 11 is 5.93. The Kier molecular flexibility index (Phi) is 5.89. The second kappa shape index (κ2) is 8.94. The maximum Gasteiger partial charge on any atom is 0.165 e. The number of fused-ring (bicyclic) bond motifs is 1. The highest BCUT2D eigenvalue weighted by molar-refractivity contribution is 6.31. The van der Waals surface area contributed by atoms with Gasteiger partial charge in [-0.05, 0) is 48.6 Å². The van der Waals surface area contributed by atoms with E-state index in [1.54, 1.807) is 12.1 Å². The summed E-state index contributed by atoms with van der Waals surface area (Å²) in [5, 5.41) is 3.86. The third-order valence-electron chi connectivity index (χ3n) is 5.74. The summed E-state index contributed by atoms with van der Waals surface area (Å²) in [5.74, 6) is 1.22. The van der Waals surface area contributed by atoms with Gasteiger partial charge in [0, 0.05) is 25.0 Å². The Morgan fingerprint density at radius 3 is 2.81 bits per heavy atom.